The fourth-order valence-electron chi connectivity index (χ4n) is 2.65. The number of hydrogen-bond acceptors (Lipinski definition) is 2. The number of aryl methyl sites for hydroxylation is 3. The molecule has 0 unspecified atom stereocenters. The van der Waals surface area contributed by atoms with Gasteiger partial charge in [0, 0.05) is 24.3 Å². The van der Waals surface area contributed by atoms with Gasteiger partial charge in [0.15, 0.2) is 0 Å². The van der Waals surface area contributed by atoms with Crippen molar-refractivity contribution in [2.24, 2.45) is 0 Å². The summed E-state index contributed by atoms with van der Waals surface area (Å²) in [6, 6.07) is 6.66. The Labute approximate surface area is 115 Å². The van der Waals surface area contributed by atoms with E-state index in [2.05, 4.69) is 61.0 Å². The quantitative estimate of drug-likeness (QED) is 0.911. The lowest BCUT2D eigenvalue weighted by Gasteiger charge is -2.10. The molecule has 1 aromatic heterocycles. The van der Waals surface area contributed by atoms with Gasteiger partial charge in [-0.1, -0.05) is 12.1 Å². The summed E-state index contributed by atoms with van der Waals surface area (Å²) in [6.45, 7) is 10.4. The molecule has 0 radical (unpaired) electrons. The van der Waals surface area contributed by atoms with Gasteiger partial charge in [-0.2, -0.15) is 5.10 Å². The van der Waals surface area contributed by atoms with E-state index in [1.54, 1.807) is 0 Å². The molecule has 0 aliphatic rings. The second-order valence-corrected chi connectivity index (χ2v) is 5.04. The minimum Gasteiger partial charge on any atom is -0.316 e. The lowest BCUT2D eigenvalue weighted by Crippen LogP contribution is -2.05. The third-order valence-electron chi connectivity index (χ3n) is 3.63. The molecule has 3 heteroatoms. The summed E-state index contributed by atoms with van der Waals surface area (Å²) in [6.07, 6.45) is 0. The van der Waals surface area contributed by atoms with Crippen LogP contribution >= 0.6 is 0 Å². The van der Waals surface area contributed by atoms with Crippen molar-refractivity contribution < 1.29 is 0 Å². The summed E-state index contributed by atoms with van der Waals surface area (Å²) in [5.41, 5.74) is 7.58. The predicted molar refractivity (Wildman–Crippen MR) is 80.3 cm³/mol. The van der Waals surface area contributed by atoms with Crippen LogP contribution in [0.4, 0.5) is 0 Å². The van der Waals surface area contributed by atoms with Crippen LogP contribution in [0.15, 0.2) is 18.2 Å². The monoisotopic (exact) mass is 257 g/mol. The number of nitrogens with one attached hydrogen (secondary N) is 1. The first-order valence-corrected chi connectivity index (χ1v) is 6.87. The largest absolute Gasteiger partial charge is 0.316 e. The van der Waals surface area contributed by atoms with Gasteiger partial charge in [-0.05, 0) is 57.5 Å². The molecule has 2 rings (SSSR count). The second-order valence-electron chi connectivity index (χ2n) is 5.04. The summed E-state index contributed by atoms with van der Waals surface area (Å²) < 4.78 is 2.08. The predicted octanol–water partition coefficient (Wildman–Crippen LogP) is 3.21. The van der Waals surface area contributed by atoms with Gasteiger partial charge in [-0.3, -0.25) is 4.68 Å². The van der Waals surface area contributed by atoms with Crippen molar-refractivity contribution in [1.82, 2.24) is 15.1 Å². The van der Waals surface area contributed by atoms with Crippen molar-refractivity contribution in [3.8, 4) is 11.1 Å². The lowest BCUT2D eigenvalue weighted by atomic mass is 9.96. The number of aromatic nitrogens is 2. The van der Waals surface area contributed by atoms with E-state index in [-0.39, 0.29) is 0 Å². The van der Waals surface area contributed by atoms with E-state index < -0.39 is 0 Å². The Balaban J connectivity index is 2.57. The zero-order chi connectivity index (χ0) is 14.0. The maximum Gasteiger partial charge on any atom is 0.0675 e. The van der Waals surface area contributed by atoms with Gasteiger partial charge >= 0.3 is 0 Å². The molecule has 0 bridgehead atoms. The Morgan fingerprint density at radius 1 is 1.21 bits per heavy atom. The fraction of sp³-hybridized carbons (Fsp3) is 0.438. The molecule has 2 aromatic rings. The van der Waals surface area contributed by atoms with Gasteiger partial charge < -0.3 is 5.32 Å². The van der Waals surface area contributed by atoms with Gasteiger partial charge in [0.25, 0.3) is 0 Å². The van der Waals surface area contributed by atoms with Crippen LogP contribution in [0.3, 0.4) is 0 Å². The van der Waals surface area contributed by atoms with E-state index in [0.29, 0.717) is 0 Å². The average Bonchev–Trinajstić information content (AvgIpc) is 2.67. The molecule has 0 fully saturated rings. The summed E-state index contributed by atoms with van der Waals surface area (Å²) in [5.74, 6) is 0. The number of hydrogen-bond donors (Lipinski definition) is 1. The lowest BCUT2D eigenvalue weighted by molar-refractivity contribution is 0.634. The van der Waals surface area contributed by atoms with E-state index in [9.17, 15) is 0 Å². The average molecular weight is 257 g/mol. The normalized spacial score (nSPS) is 11.0. The molecule has 0 aliphatic carbocycles. The molecule has 1 heterocycles. The molecule has 0 atom stereocenters. The standard InChI is InChI=1S/C16H23N3/c1-6-19-13(4)16(12(3)18-19)15-9-14(10-17-5)8-7-11(15)2/h7-9,17H,6,10H2,1-5H3. The summed E-state index contributed by atoms with van der Waals surface area (Å²) in [5, 5.41) is 7.83. The zero-order valence-corrected chi connectivity index (χ0v) is 12.5. The van der Waals surface area contributed by atoms with E-state index in [1.807, 2.05) is 7.05 Å². The topological polar surface area (TPSA) is 29.9 Å². The Morgan fingerprint density at radius 2 is 1.95 bits per heavy atom. The first kappa shape index (κ1) is 13.8. The summed E-state index contributed by atoms with van der Waals surface area (Å²) in [7, 11) is 1.98. The van der Waals surface area contributed by atoms with Crippen molar-refractivity contribution in [3.05, 3.63) is 40.7 Å². The maximum absolute atomic E-state index is 4.62. The Morgan fingerprint density at radius 3 is 2.53 bits per heavy atom. The molecule has 0 saturated carbocycles. The highest BCUT2D eigenvalue weighted by atomic mass is 15.3. The Bertz CT molecular complexity index is 582. The Hall–Kier alpha value is -1.61. The number of rotatable bonds is 4. The van der Waals surface area contributed by atoms with Crippen LogP contribution < -0.4 is 5.32 Å². The highest BCUT2D eigenvalue weighted by molar-refractivity contribution is 5.72. The molecule has 1 aromatic carbocycles. The van der Waals surface area contributed by atoms with E-state index >= 15 is 0 Å². The fourth-order valence-corrected chi connectivity index (χ4v) is 2.65. The molecule has 1 N–H and O–H groups in total. The van der Waals surface area contributed by atoms with E-state index in [1.165, 1.54) is 27.9 Å². The van der Waals surface area contributed by atoms with Gasteiger partial charge in [-0.15, -0.1) is 0 Å². The molecular weight excluding hydrogens is 234 g/mol. The van der Waals surface area contributed by atoms with Gasteiger partial charge in [-0.25, -0.2) is 0 Å². The summed E-state index contributed by atoms with van der Waals surface area (Å²) in [4.78, 5) is 0. The summed E-state index contributed by atoms with van der Waals surface area (Å²) >= 11 is 0. The molecule has 102 valence electrons. The smallest absolute Gasteiger partial charge is 0.0675 e. The van der Waals surface area contributed by atoms with Crippen molar-refractivity contribution in [2.75, 3.05) is 7.05 Å². The number of benzene rings is 1. The highest BCUT2D eigenvalue weighted by Crippen LogP contribution is 2.30. The van der Waals surface area contributed by atoms with Crippen molar-refractivity contribution in [2.45, 2.75) is 40.8 Å². The van der Waals surface area contributed by atoms with Gasteiger partial charge in [0.2, 0.25) is 0 Å². The van der Waals surface area contributed by atoms with Crippen molar-refractivity contribution >= 4 is 0 Å². The molecule has 0 amide bonds. The molecule has 19 heavy (non-hydrogen) atoms. The molecule has 0 aliphatic heterocycles. The van der Waals surface area contributed by atoms with Gasteiger partial charge in [0.1, 0.15) is 0 Å². The van der Waals surface area contributed by atoms with Crippen LogP contribution in [-0.2, 0) is 13.1 Å². The van der Waals surface area contributed by atoms with E-state index in [4.69, 9.17) is 0 Å². The maximum atomic E-state index is 4.62. The third-order valence-corrected chi connectivity index (χ3v) is 3.63. The molecule has 0 spiro atoms. The first-order valence-electron chi connectivity index (χ1n) is 6.87. The molecular formula is C16H23N3. The second kappa shape index (κ2) is 5.57. The SMILES string of the molecule is CCn1nc(C)c(-c2cc(CNC)ccc2C)c1C. The first-order chi connectivity index (χ1) is 9.08. The number of nitrogens with zero attached hydrogens (tertiary/aromatic N) is 2. The minimum absolute atomic E-state index is 0.896. The van der Waals surface area contributed by atoms with Crippen LogP contribution in [0, 0.1) is 20.8 Å². The Kier molecular flexibility index (Phi) is 4.05. The van der Waals surface area contributed by atoms with Crippen molar-refractivity contribution in [3.63, 3.8) is 0 Å². The van der Waals surface area contributed by atoms with Crippen LogP contribution in [0.2, 0.25) is 0 Å². The van der Waals surface area contributed by atoms with Crippen LogP contribution in [0.5, 0.6) is 0 Å². The zero-order valence-electron chi connectivity index (χ0n) is 12.5. The molecule has 3 nitrogen and oxygen atoms in total. The van der Waals surface area contributed by atoms with Crippen molar-refractivity contribution in [1.29, 1.82) is 0 Å². The minimum atomic E-state index is 0.896. The highest BCUT2D eigenvalue weighted by Gasteiger charge is 2.14. The third kappa shape index (κ3) is 2.56. The van der Waals surface area contributed by atoms with Crippen LogP contribution in [0.1, 0.15) is 29.4 Å². The van der Waals surface area contributed by atoms with E-state index in [0.717, 1.165) is 18.8 Å². The molecule has 0 saturated heterocycles. The van der Waals surface area contributed by atoms with Crippen LogP contribution in [-0.4, -0.2) is 16.8 Å². The van der Waals surface area contributed by atoms with Crippen LogP contribution in [0.25, 0.3) is 11.1 Å². The van der Waals surface area contributed by atoms with Gasteiger partial charge in [0.05, 0.1) is 5.69 Å².